The highest BCUT2D eigenvalue weighted by Crippen LogP contribution is 2.44. The summed E-state index contributed by atoms with van der Waals surface area (Å²) in [5, 5.41) is 0. The Hall–Kier alpha value is -0.0400. The second kappa shape index (κ2) is 3.61. The Labute approximate surface area is 82.1 Å². The predicted molar refractivity (Wildman–Crippen MR) is 56.5 cm³/mol. The van der Waals surface area contributed by atoms with Crippen molar-refractivity contribution in [3.05, 3.63) is 0 Å². The maximum atomic E-state index is 6.39. The predicted octanol–water partition coefficient (Wildman–Crippen LogP) is 3.08. The monoisotopic (exact) mass is 181 g/mol. The molecule has 0 aromatic heterocycles. The summed E-state index contributed by atoms with van der Waals surface area (Å²) < 4.78 is 0. The van der Waals surface area contributed by atoms with Crippen LogP contribution in [0.1, 0.15) is 58.3 Å². The molecule has 76 valence electrons. The van der Waals surface area contributed by atoms with Crippen LogP contribution in [0.2, 0.25) is 0 Å². The van der Waals surface area contributed by atoms with E-state index < -0.39 is 0 Å². The van der Waals surface area contributed by atoms with Crippen LogP contribution in [-0.2, 0) is 0 Å². The first-order valence-electron chi connectivity index (χ1n) is 5.98. The first-order chi connectivity index (χ1) is 6.22. The minimum Gasteiger partial charge on any atom is -0.327 e. The van der Waals surface area contributed by atoms with E-state index in [0.717, 1.165) is 5.92 Å². The smallest absolute Gasteiger partial charge is 0.0121 e. The fourth-order valence-corrected chi connectivity index (χ4v) is 3.06. The normalized spacial score (nSPS) is 30.9. The van der Waals surface area contributed by atoms with Gasteiger partial charge in [-0.25, -0.2) is 0 Å². The zero-order chi connectivity index (χ0) is 9.31. The highest BCUT2D eigenvalue weighted by atomic mass is 14.7. The van der Waals surface area contributed by atoms with Gasteiger partial charge in [-0.15, -0.1) is 0 Å². The third-order valence-corrected chi connectivity index (χ3v) is 4.46. The van der Waals surface area contributed by atoms with Crippen molar-refractivity contribution < 1.29 is 0 Å². The molecule has 2 rings (SSSR count). The first kappa shape index (κ1) is 9.51. The van der Waals surface area contributed by atoms with Crippen LogP contribution in [0.25, 0.3) is 0 Å². The van der Waals surface area contributed by atoms with Crippen molar-refractivity contribution in [1.29, 1.82) is 0 Å². The standard InChI is InChI=1S/C12H23N/c1-12(8-3-2-4-9-12)11(13)10-6-5-7-10/h10-11H,2-9,13H2,1H3. The summed E-state index contributed by atoms with van der Waals surface area (Å²) in [5.74, 6) is 0.864. The van der Waals surface area contributed by atoms with E-state index in [9.17, 15) is 0 Å². The van der Waals surface area contributed by atoms with Gasteiger partial charge in [-0.1, -0.05) is 32.6 Å². The highest BCUT2D eigenvalue weighted by Gasteiger charge is 2.39. The van der Waals surface area contributed by atoms with Crippen molar-refractivity contribution in [2.45, 2.75) is 64.3 Å². The maximum Gasteiger partial charge on any atom is 0.0121 e. The SMILES string of the molecule is CC1(C(N)C2CCC2)CCCCC1. The fraction of sp³-hybridized carbons (Fsp3) is 1.00. The van der Waals surface area contributed by atoms with E-state index in [1.165, 1.54) is 51.4 Å². The van der Waals surface area contributed by atoms with E-state index in [1.54, 1.807) is 0 Å². The molecule has 0 aromatic rings. The van der Waals surface area contributed by atoms with Gasteiger partial charge in [0.25, 0.3) is 0 Å². The van der Waals surface area contributed by atoms with Crippen LogP contribution in [0.4, 0.5) is 0 Å². The summed E-state index contributed by atoms with van der Waals surface area (Å²) >= 11 is 0. The van der Waals surface area contributed by atoms with Gasteiger partial charge in [0.05, 0.1) is 0 Å². The summed E-state index contributed by atoms with van der Waals surface area (Å²) in [5.41, 5.74) is 6.88. The van der Waals surface area contributed by atoms with Crippen molar-refractivity contribution >= 4 is 0 Å². The quantitative estimate of drug-likeness (QED) is 0.696. The summed E-state index contributed by atoms with van der Waals surface area (Å²) in [6.07, 6.45) is 11.2. The molecule has 1 nitrogen and oxygen atoms in total. The summed E-state index contributed by atoms with van der Waals surface area (Å²) in [7, 11) is 0. The molecule has 2 saturated carbocycles. The molecule has 1 unspecified atom stereocenters. The Balaban J connectivity index is 1.94. The molecule has 0 saturated heterocycles. The van der Waals surface area contributed by atoms with Crippen LogP contribution in [0.3, 0.4) is 0 Å². The zero-order valence-electron chi connectivity index (χ0n) is 8.89. The van der Waals surface area contributed by atoms with Gasteiger partial charge in [0.1, 0.15) is 0 Å². The number of rotatable bonds is 2. The van der Waals surface area contributed by atoms with Gasteiger partial charge in [-0.05, 0) is 37.0 Å². The topological polar surface area (TPSA) is 26.0 Å². The second-order valence-electron chi connectivity index (χ2n) is 5.43. The second-order valence-corrected chi connectivity index (χ2v) is 5.43. The molecular weight excluding hydrogens is 158 g/mol. The first-order valence-corrected chi connectivity index (χ1v) is 5.98. The third kappa shape index (κ3) is 1.76. The largest absolute Gasteiger partial charge is 0.327 e. The third-order valence-electron chi connectivity index (χ3n) is 4.46. The van der Waals surface area contributed by atoms with Crippen LogP contribution in [-0.4, -0.2) is 6.04 Å². The average Bonchev–Trinajstić information content (AvgIpc) is 2.02. The molecule has 13 heavy (non-hydrogen) atoms. The molecule has 0 spiro atoms. The lowest BCUT2D eigenvalue weighted by molar-refractivity contribution is 0.0937. The van der Waals surface area contributed by atoms with E-state index in [1.807, 2.05) is 0 Å². The summed E-state index contributed by atoms with van der Waals surface area (Å²) in [6.45, 7) is 2.43. The number of hydrogen-bond donors (Lipinski definition) is 1. The number of hydrogen-bond acceptors (Lipinski definition) is 1. The molecule has 0 heterocycles. The van der Waals surface area contributed by atoms with E-state index in [-0.39, 0.29) is 0 Å². The lowest BCUT2D eigenvalue weighted by Gasteiger charge is -2.45. The van der Waals surface area contributed by atoms with Crippen molar-refractivity contribution in [3.8, 4) is 0 Å². The Bertz CT molecular complexity index is 166. The minimum atomic E-state index is 0.489. The van der Waals surface area contributed by atoms with Crippen molar-refractivity contribution in [3.63, 3.8) is 0 Å². The molecule has 2 fully saturated rings. The fourth-order valence-electron chi connectivity index (χ4n) is 3.06. The van der Waals surface area contributed by atoms with Gasteiger partial charge in [0, 0.05) is 6.04 Å². The Morgan fingerprint density at radius 2 is 1.69 bits per heavy atom. The van der Waals surface area contributed by atoms with Crippen molar-refractivity contribution in [1.82, 2.24) is 0 Å². The molecule has 0 radical (unpaired) electrons. The Kier molecular flexibility index (Phi) is 2.64. The summed E-state index contributed by atoms with van der Waals surface area (Å²) in [4.78, 5) is 0. The number of nitrogens with two attached hydrogens (primary N) is 1. The van der Waals surface area contributed by atoms with Crippen LogP contribution in [0.15, 0.2) is 0 Å². The molecule has 0 bridgehead atoms. The van der Waals surface area contributed by atoms with Gasteiger partial charge in [0.15, 0.2) is 0 Å². The molecule has 0 aliphatic heterocycles. The van der Waals surface area contributed by atoms with Gasteiger partial charge < -0.3 is 5.73 Å². The summed E-state index contributed by atoms with van der Waals surface area (Å²) in [6, 6.07) is 0.501. The Morgan fingerprint density at radius 1 is 1.08 bits per heavy atom. The molecule has 1 atom stereocenters. The van der Waals surface area contributed by atoms with Crippen molar-refractivity contribution in [2.75, 3.05) is 0 Å². The molecule has 2 N–H and O–H groups in total. The molecule has 0 aromatic carbocycles. The van der Waals surface area contributed by atoms with Crippen LogP contribution >= 0.6 is 0 Å². The highest BCUT2D eigenvalue weighted by molar-refractivity contribution is 4.94. The van der Waals surface area contributed by atoms with E-state index >= 15 is 0 Å². The van der Waals surface area contributed by atoms with E-state index in [2.05, 4.69) is 6.92 Å². The van der Waals surface area contributed by atoms with Crippen LogP contribution in [0, 0.1) is 11.3 Å². The van der Waals surface area contributed by atoms with Crippen molar-refractivity contribution in [2.24, 2.45) is 17.1 Å². The zero-order valence-corrected chi connectivity index (χ0v) is 8.89. The average molecular weight is 181 g/mol. The maximum absolute atomic E-state index is 6.39. The van der Waals surface area contributed by atoms with Crippen LogP contribution < -0.4 is 5.73 Å². The lowest BCUT2D eigenvalue weighted by Crippen LogP contribution is -2.48. The van der Waals surface area contributed by atoms with E-state index in [0.29, 0.717) is 11.5 Å². The lowest BCUT2D eigenvalue weighted by atomic mass is 9.63. The molecule has 2 aliphatic carbocycles. The molecule has 0 amide bonds. The van der Waals surface area contributed by atoms with Gasteiger partial charge in [0.2, 0.25) is 0 Å². The van der Waals surface area contributed by atoms with Gasteiger partial charge >= 0.3 is 0 Å². The van der Waals surface area contributed by atoms with Gasteiger partial charge in [-0.3, -0.25) is 0 Å². The van der Waals surface area contributed by atoms with Gasteiger partial charge in [-0.2, -0.15) is 0 Å². The minimum absolute atomic E-state index is 0.489. The molecule has 2 aliphatic rings. The van der Waals surface area contributed by atoms with Crippen LogP contribution in [0.5, 0.6) is 0 Å². The van der Waals surface area contributed by atoms with E-state index in [4.69, 9.17) is 5.73 Å². The Morgan fingerprint density at radius 3 is 2.15 bits per heavy atom. The molecule has 1 heteroatoms. The molecular formula is C12H23N.